The molecule has 0 radical (unpaired) electrons. The molecule has 21 heavy (non-hydrogen) atoms. The number of hydrogen-bond donors (Lipinski definition) is 1. The average Bonchev–Trinajstić information content (AvgIpc) is 3.14. The second kappa shape index (κ2) is 5.39. The largest absolute Gasteiger partial charge is 0.452 e. The Bertz CT molecular complexity index is 742. The quantitative estimate of drug-likeness (QED) is 0.790. The monoisotopic (exact) mass is 290 g/mol. The van der Waals surface area contributed by atoms with Gasteiger partial charge >= 0.3 is 11.7 Å². The third kappa shape index (κ3) is 2.64. The molecule has 0 aromatic carbocycles. The van der Waals surface area contributed by atoms with E-state index in [2.05, 4.69) is 10.2 Å². The van der Waals surface area contributed by atoms with E-state index in [1.54, 1.807) is 4.90 Å². The van der Waals surface area contributed by atoms with Crippen molar-refractivity contribution in [3.8, 4) is 0 Å². The Morgan fingerprint density at radius 1 is 1.29 bits per heavy atom. The van der Waals surface area contributed by atoms with E-state index in [4.69, 9.17) is 4.74 Å². The Balaban J connectivity index is 1.67. The summed E-state index contributed by atoms with van der Waals surface area (Å²) in [4.78, 5) is 36.8. The number of amides is 1. The summed E-state index contributed by atoms with van der Waals surface area (Å²) in [5.74, 6) is -0.833. The average molecular weight is 290 g/mol. The van der Waals surface area contributed by atoms with Gasteiger partial charge in [0.15, 0.2) is 12.3 Å². The Labute approximate surface area is 119 Å². The van der Waals surface area contributed by atoms with Crippen LogP contribution in [-0.2, 0) is 9.53 Å². The molecule has 110 valence electrons. The molecule has 0 saturated carbocycles. The number of fused-ring (bicyclic) bond motifs is 1. The number of ether oxygens (including phenoxy) is 1. The van der Waals surface area contributed by atoms with Crippen molar-refractivity contribution in [1.29, 1.82) is 0 Å². The SMILES string of the molecule is O=C(OCC(=O)N1CCCC1)c1ccc2n[nH]c(=O)n2c1. The first-order valence-corrected chi connectivity index (χ1v) is 6.67. The molecular formula is C13H14N4O4. The highest BCUT2D eigenvalue weighted by Gasteiger charge is 2.19. The number of carbonyl (C=O) groups is 2. The molecule has 1 aliphatic rings. The molecule has 8 heteroatoms. The molecule has 0 atom stereocenters. The molecule has 3 rings (SSSR count). The van der Waals surface area contributed by atoms with Gasteiger partial charge in [0, 0.05) is 19.3 Å². The van der Waals surface area contributed by atoms with Gasteiger partial charge < -0.3 is 9.64 Å². The van der Waals surface area contributed by atoms with Gasteiger partial charge in [-0.25, -0.2) is 19.1 Å². The standard InChI is InChI=1S/C13H14N4O4/c18-11(16-5-1-2-6-16)8-21-12(19)9-3-4-10-14-15-13(20)17(10)7-9/h3-4,7H,1-2,5-6,8H2,(H,15,20). The molecular weight excluding hydrogens is 276 g/mol. The maximum Gasteiger partial charge on any atom is 0.347 e. The molecule has 1 saturated heterocycles. The number of H-pyrrole nitrogens is 1. The fraction of sp³-hybridized carbons (Fsp3) is 0.385. The maximum absolute atomic E-state index is 11.9. The van der Waals surface area contributed by atoms with E-state index >= 15 is 0 Å². The van der Waals surface area contributed by atoms with Crippen molar-refractivity contribution in [3.05, 3.63) is 34.4 Å². The first kappa shape index (κ1) is 13.3. The van der Waals surface area contributed by atoms with Crippen LogP contribution in [0.3, 0.4) is 0 Å². The van der Waals surface area contributed by atoms with E-state index in [1.165, 1.54) is 22.7 Å². The summed E-state index contributed by atoms with van der Waals surface area (Å²) in [5.41, 5.74) is 0.165. The van der Waals surface area contributed by atoms with Crippen LogP contribution in [0.15, 0.2) is 23.1 Å². The van der Waals surface area contributed by atoms with E-state index in [0.717, 1.165) is 12.8 Å². The third-order valence-corrected chi connectivity index (χ3v) is 3.43. The smallest absolute Gasteiger partial charge is 0.347 e. The van der Waals surface area contributed by atoms with Crippen LogP contribution in [0.4, 0.5) is 0 Å². The fourth-order valence-electron chi connectivity index (χ4n) is 2.29. The summed E-state index contributed by atoms with van der Waals surface area (Å²) in [5, 5.41) is 6.03. The van der Waals surface area contributed by atoms with Gasteiger partial charge in [0.1, 0.15) is 0 Å². The number of aromatic amines is 1. The predicted octanol–water partition coefficient (Wildman–Crippen LogP) is -0.198. The lowest BCUT2D eigenvalue weighted by Gasteiger charge is -2.14. The minimum atomic E-state index is -0.641. The van der Waals surface area contributed by atoms with E-state index < -0.39 is 11.7 Å². The van der Waals surface area contributed by atoms with Crippen LogP contribution in [0.1, 0.15) is 23.2 Å². The summed E-state index contributed by atoms with van der Waals surface area (Å²) >= 11 is 0. The second-order valence-electron chi connectivity index (χ2n) is 4.84. The van der Waals surface area contributed by atoms with Gasteiger partial charge in [-0.05, 0) is 25.0 Å². The minimum absolute atomic E-state index is 0.192. The van der Waals surface area contributed by atoms with Crippen molar-refractivity contribution in [2.45, 2.75) is 12.8 Å². The highest BCUT2D eigenvalue weighted by Crippen LogP contribution is 2.08. The van der Waals surface area contributed by atoms with Gasteiger partial charge in [-0.15, -0.1) is 0 Å². The number of nitrogens with zero attached hydrogens (tertiary/aromatic N) is 3. The predicted molar refractivity (Wildman–Crippen MR) is 71.9 cm³/mol. The van der Waals surface area contributed by atoms with Gasteiger partial charge in [0.05, 0.1) is 5.56 Å². The number of esters is 1. The second-order valence-corrected chi connectivity index (χ2v) is 4.84. The number of rotatable bonds is 3. The van der Waals surface area contributed by atoms with Gasteiger partial charge in [0.25, 0.3) is 5.91 Å². The number of likely N-dealkylation sites (tertiary alicyclic amines) is 1. The zero-order valence-corrected chi connectivity index (χ0v) is 11.2. The Kier molecular flexibility index (Phi) is 3.43. The van der Waals surface area contributed by atoms with E-state index in [9.17, 15) is 14.4 Å². The summed E-state index contributed by atoms with van der Waals surface area (Å²) in [6, 6.07) is 3.02. The number of aromatic nitrogens is 3. The zero-order chi connectivity index (χ0) is 14.8. The number of nitrogens with one attached hydrogen (secondary N) is 1. The van der Waals surface area contributed by atoms with Crippen LogP contribution < -0.4 is 5.69 Å². The summed E-state index contributed by atoms with van der Waals surface area (Å²) in [7, 11) is 0. The normalized spacial score (nSPS) is 14.6. The summed E-state index contributed by atoms with van der Waals surface area (Å²) < 4.78 is 6.20. The van der Waals surface area contributed by atoms with Crippen LogP contribution in [0.25, 0.3) is 5.65 Å². The zero-order valence-electron chi connectivity index (χ0n) is 11.2. The van der Waals surface area contributed by atoms with E-state index in [1.807, 2.05) is 0 Å². The van der Waals surface area contributed by atoms with Gasteiger partial charge in [-0.3, -0.25) is 4.79 Å². The fourth-order valence-corrected chi connectivity index (χ4v) is 2.29. The molecule has 8 nitrogen and oxygen atoms in total. The lowest BCUT2D eigenvalue weighted by atomic mass is 10.3. The van der Waals surface area contributed by atoms with Crippen LogP contribution in [0, 0.1) is 0 Å². The van der Waals surface area contributed by atoms with Crippen molar-refractivity contribution in [2.75, 3.05) is 19.7 Å². The van der Waals surface area contributed by atoms with Gasteiger partial charge in [0.2, 0.25) is 0 Å². The number of carbonyl (C=O) groups excluding carboxylic acids is 2. The molecule has 1 aliphatic heterocycles. The Morgan fingerprint density at radius 2 is 2.05 bits per heavy atom. The molecule has 2 aromatic heterocycles. The Morgan fingerprint density at radius 3 is 2.81 bits per heavy atom. The third-order valence-electron chi connectivity index (χ3n) is 3.43. The molecule has 0 bridgehead atoms. The van der Waals surface area contributed by atoms with Crippen molar-refractivity contribution >= 4 is 17.5 Å². The molecule has 0 aliphatic carbocycles. The van der Waals surface area contributed by atoms with Gasteiger partial charge in [-0.2, -0.15) is 5.10 Å². The van der Waals surface area contributed by atoms with E-state index in [-0.39, 0.29) is 18.1 Å². The molecule has 1 amide bonds. The number of pyridine rings is 1. The maximum atomic E-state index is 11.9. The van der Waals surface area contributed by atoms with Gasteiger partial charge in [-0.1, -0.05) is 0 Å². The van der Waals surface area contributed by atoms with Crippen LogP contribution in [-0.4, -0.2) is 51.1 Å². The summed E-state index contributed by atoms with van der Waals surface area (Å²) in [6.07, 6.45) is 3.31. The Hall–Kier alpha value is -2.64. The highest BCUT2D eigenvalue weighted by atomic mass is 16.5. The van der Waals surface area contributed by atoms with Crippen molar-refractivity contribution in [3.63, 3.8) is 0 Å². The number of hydrogen-bond acceptors (Lipinski definition) is 5. The van der Waals surface area contributed by atoms with Crippen molar-refractivity contribution in [1.82, 2.24) is 19.5 Å². The minimum Gasteiger partial charge on any atom is -0.452 e. The molecule has 1 N–H and O–H groups in total. The summed E-state index contributed by atoms with van der Waals surface area (Å²) in [6.45, 7) is 1.15. The van der Waals surface area contributed by atoms with Crippen molar-refractivity contribution in [2.24, 2.45) is 0 Å². The first-order chi connectivity index (χ1) is 10.1. The lowest BCUT2D eigenvalue weighted by Crippen LogP contribution is -2.32. The molecule has 0 spiro atoms. The topological polar surface area (TPSA) is 96.8 Å². The highest BCUT2D eigenvalue weighted by molar-refractivity contribution is 5.91. The molecule has 0 unspecified atom stereocenters. The lowest BCUT2D eigenvalue weighted by molar-refractivity contribution is -0.133. The van der Waals surface area contributed by atoms with Crippen molar-refractivity contribution < 1.29 is 14.3 Å². The molecule has 2 aromatic rings. The first-order valence-electron chi connectivity index (χ1n) is 6.67. The van der Waals surface area contributed by atoms with Crippen LogP contribution in [0.2, 0.25) is 0 Å². The van der Waals surface area contributed by atoms with E-state index in [0.29, 0.717) is 18.7 Å². The van der Waals surface area contributed by atoms with Crippen LogP contribution >= 0.6 is 0 Å². The molecule has 3 heterocycles. The van der Waals surface area contributed by atoms with Crippen LogP contribution in [0.5, 0.6) is 0 Å². The molecule has 1 fully saturated rings.